The summed E-state index contributed by atoms with van der Waals surface area (Å²) in [7, 11) is -3.15. The van der Waals surface area contributed by atoms with Crippen LogP contribution in [-0.2, 0) is 23.4 Å². The number of H-pyrrole nitrogens is 1. The lowest BCUT2D eigenvalue weighted by atomic mass is 9.95. The third-order valence-corrected chi connectivity index (χ3v) is 6.75. The number of rotatable bonds is 9. The number of para-hydroxylation sites is 1. The molecule has 0 radical (unpaired) electrons. The normalized spacial score (nSPS) is 26.3. The summed E-state index contributed by atoms with van der Waals surface area (Å²) in [6, 6.07) is 7.82. The van der Waals surface area contributed by atoms with Gasteiger partial charge in [-0.25, -0.2) is 9.36 Å². The van der Waals surface area contributed by atoms with E-state index in [0.29, 0.717) is 0 Å². The molecule has 4 N–H and O–H groups in total. The van der Waals surface area contributed by atoms with Crippen molar-refractivity contribution >= 4 is 13.7 Å². The van der Waals surface area contributed by atoms with Crippen molar-refractivity contribution in [1.82, 2.24) is 14.6 Å². The van der Waals surface area contributed by atoms with Crippen LogP contribution in [0.25, 0.3) is 0 Å². The fraction of sp³-hybridized carbons (Fsp3) is 0.381. The van der Waals surface area contributed by atoms with E-state index in [9.17, 15) is 29.2 Å². The Balaban J connectivity index is 1.85. The van der Waals surface area contributed by atoms with E-state index in [1.165, 1.54) is 19.1 Å². The molecule has 0 amide bonds. The largest absolute Gasteiger partial charge is 0.468 e. The van der Waals surface area contributed by atoms with E-state index in [1.54, 1.807) is 18.2 Å². The van der Waals surface area contributed by atoms with Crippen molar-refractivity contribution < 1.29 is 38.1 Å². The number of aromatic nitrogens is 2. The zero-order valence-electron chi connectivity index (χ0n) is 18.7. The summed E-state index contributed by atoms with van der Waals surface area (Å²) in [6.07, 6.45) is 1.63. The van der Waals surface area contributed by atoms with Crippen LogP contribution in [0.2, 0.25) is 0 Å². The van der Waals surface area contributed by atoms with Crippen LogP contribution in [0.1, 0.15) is 13.2 Å². The number of hydrogen-bond acceptors (Lipinski definition) is 10. The molecule has 14 heteroatoms. The lowest BCUT2D eigenvalue weighted by Crippen LogP contribution is -2.48. The van der Waals surface area contributed by atoms with Gasteiger partial charge in [0, 0.05) is 12.3 Å². The zero-order valence-corrected chi connectivity index (χ0v) is 19.6. The number of terminal acetylenes is 1. The highest BCUT2D eigenvalue weighted by Gasteiger charge is 2.56. The molecule has 0 aliphatic carbocycles. The Morgan fingerprint density at radius 1 is 1.37 bits per heavy atom. The van der Waals surface area contributed by atoms with Crippen LogP contribution in [0.4, 0.5) is 0 Å². The van der Waals surface area contributed by atoms with Crippen LogP contribution in [-0.4, -0.2) is 63.3 Å². The number of aliphatic hydroxyl groups excluding tert-OH is 1. The number of hydrogen-bond donors (Lipinski definition) is 4. The van der Waals surface area contributed by atoms with Crippen molar-refractivity contribution in [2.75, 3.05) is 13.7 Å². The summed E-state index contributed by atoms with van der Waals surface area (Å²) in [4.78, 5) is 37.4. The maximum absolute atomic E-state index is 13.5. The van der Waals surface area contributed by atoms with E-state index in [1.807, 2.05) is 10.9 Å². The van der Waals surface area contributed by atoms with Gasteiger partial charge in [-0.1, -0.05) is 24.1 Å². The molecule has 35 heavy (non-hydrogen) atoms. The number of nitrogens with zero attached hydrogens (tertiary/aromatic N) is 1. The van der Waals surface area contributed by atoms with Crippen molar-refractivity contribution in [2.24, 2.45) is 0 Å². The van der Waals surface area contributed by atoms with Crippen LogP contribution >= 0.6 is 7.75 Å². The molecule has 1 aliphatic rings. The molecule has 0 spiro atoms. The van der Waals surface area contributed by atoms with Gasteiger partial charge in [0.05, 0.1) is 13.7 Å². The predicted octanol–water partition coefficient (Wildman–Crippen LogP) is -0.486. The molecular formula is C21H24N3O10P. The van der Waals surface area contributed by atoms with E-state index in [-0.39, 0.29) is 5.75 Å². The maximum Gasteiger partial charge on any atom is 0.459 e. The molecule has 2 heterocycles. The Bertz CT molecular complexity index is 1260. The Labute approximate surface area is 199 Å². The number of aliphatic hydroxyl groups is 2. The van der Waals surface area contributed by atoms with Crippen LogP contribution in [0.15, 0.2) is 52.2 Å². The summed E-state index contributed by atoms with van der Waals surface area (Å²) in [5.41, 5.74) is -4.05. The molecule has 1 saturated heterocycles. The van der Waals surface area contributed by atoms with E-state index in [4.69, 9.17) is 20.2 Å². The highest BCUT2D eigenvalue weighted by Crippen LogP contribution is 2.46. The lowest BCUT2D eigenvalue weighted by Gasteiger charge is -2.26. The average molecular weight is 509 g/mol. The van der Waals surface area contributed by atoms with Gasteiger partial charge in [-0.2, -0.15) is 5.09 Å². The number of nitrogens with one attached hydrogen (secondary N) is 2. The second-order valence-electron chi connectivity index (χ2n) is 7.53. The van der Waals surface area contributed by atoms with E-state index in [0.717, 1.165) is 23.9 Å². The molecule has 0 saturated carbocycles. The molecular weight excluding hydrogens is 485 g/mol. The number of benzene rings is 1. The van der Waals surface area contributed by atoms with Crippen molar-refractivity contribution in [3.05, 3.63) is 63.4 Å². The molecule has 13 nitrogen and oxygen atoms in total. The summed E-state index contributed by atoms with van der Waals surface area (Å²) in [5, 5.41) is 24.0. The van der Waals surface area contributed by atoms with Crippen molar-refractivity contribution in [1.29, 1.82) is 0 Å². The minimum absolute atomic E-state index is 0.145. The molecule has 6 atom stereocenters. The molecule has 1 fully saturated rings. The molecule has 1 aliphatic heterocycles. The molecule has 0 bridgehead atoms. The third kappa shape index (κ3) is 5.71. The molecule has 2 aromatic rings. The SMILES string of the molecule is C#C[C@@]1(O)[C@H](O)[C@@H](COP(=O)(NC(C)C(=O)OC)Oc2ccccc2)O[C@H]1n1ccc(=O)[nH]c1=O. The van der Waals surface area contributed by atoms with E-state index < -0.39 is 61.7 Å². The van der Waals surface area contributed by atoms with Gasteiger partial charge in [0.15, 0.2) is 11.8 Å². The van der Waals surface area contributed by atoms with Crippen LogP contribution in [0.3, 0.4) is 0 Å². The number of ether oxygens (including phenoxy) is 2. The van der Waals surface area contributed by atoms with Crippen LogP contribution in [0.5, 0.6) is 5.75 Å². The summed E-state index contributed by atoms with van der Waals surface area (Å²) >= 11 is 0. The number of carbonyl (C=O) groups excluding carboxylic acids is 1. The van der Waals surface area contributed by atoms with Crippen molar-refractivity contribution in [3.63, 3.8) is 0 Å². The summed E-state index contributed by atoms with van der Waals surface area (Å²) in [6.45, 7) is 0.720. The Hall–Kier alpha value is -3.24. The Morgan fingerprint density at radius 3 is 2.66 bits per heavy atom. The molecule has 1 aromatic heterocycles. The number of carbonyl (C=O) groups is 1. The fourth-order valence-corrected chi connectivity index (χ4v) is 4.80. The minimum atomic E-state index is -4.29. The van der Waals surface area contributed by atoms with Crippen LogP contribution < -0.4 is 20.9 Å². The first-order chi connectivity index (χ1) is 16.5. The highest BCUT2D eigenvalue weighted by atomic mass is 31.2. The Morgan fingerprint density at radius 2 is 2.06 bits per heavy atom. The topological polar surface area (TPSA) is 178 Å². The standard InChI is InChI=1S/C21H24N3O10P/c1-4-21(29)17(26)15(33-19(21)24-11-10-16(25)22-20(24)28)12-32-35(30,23-13(2)18(27)31-3)34-14-8-6-5-7-9-14/h1,5-11,13,15,17,19,26,29H,12H2,2-3H3,(H,23,30)(H,22,25,28)/t13?,15-,17-,19-,21-,35?/m1/s1. The first kappa shape index (κ1) is 26.4. The van der Waals surface area contributed by atoms with Gasteiger partial charge < -0.3 is 24.2 Å². The average Bonchev–Trinajstić information content (AvgIpc) is 3.08. The predicted molar refractivity (Wildman–Crippen MR) is 120 cm³/mol. The lowest BCUT2D eigenvalue weighted by molar-refractivity contribution is -0.142. The van der Waals surface area contributed by atoms with Gasteiger partial charge in [-0.15, -0.1) is 6.42 Å². The minimum Gasteiger partial charge on any atom is -0.468 e. The molecule has 2 unspecified atom stereocenters. The zero-order chi connectivity index (χ0) is 25.8. The van der Waals surface area contributed by atoms with Gasteiger partial charge >= 0.3 is 19.4 Å². The smallest absolute Gasteiger partial charge is 0.459 e. The molecule has 1 aromatic carbocycles. The highest BCUT2D eigenvalue weighted by molar-refractivity contribution is 7.52. The second kappa shape index (κ2) is 10.6. The van der Waals surface area contributed by atoms with E-state index >= 15 is 0 Å². The first-order valence-corrected chi connectivity index (χ1v) is 11.8. The van der Waals surface area contributed by atoms with Gasteiger partial charge in [-0.05, 0) is 19.1 Å². The molecule has 188 valence electrons. The van der Waals surface area contributed by atoms with E-state index in [2.05, 4.69) is 9.82 Å². The second-order valence-corrected chi connectivity index (χ2v) is 9.22. The Kier molecular flexibility index (Phi) is 7.97. The summed E-state index contributed by atoms with van der Waals surface area (Å²) in [5.74, 6) is 1.39. The molecule has 3 rings (SSSR count). The summed E-state index contributed by atoms with van der Waals surface area (Å²) < 4.78 is 35.3. The van der Waals surface area contributed by atoms with Gasteiger partial charge in [0.1, 0.15) is 24.0 Å². The third-order valence-electron chi connectivity index (χ3n) is 5.10. The first-order valence-electron chi connectivity index (χ1n) is 10.2. The number of aromatic amines is 1. The number of methoxy groups -OCH3 is 1. The van der Waals surface area contributed by atoms with Gasteiger partial charge in [0.2, 0.25) is 0 Å². The van der Waals surface area contributed by atoms with Crippen molar-refractivity contribution in [3.8, 4) is 18.1 Å². The van der Waals surface area contributed by atoms with Gasteiger partial charge in [0.25, 0.3) is 5.56 Å². The fourth-order valence-electron chi connectivity index (χ4n) is 3.30. The van der Waals surface area contributed by atoms with Crippen LogP contribution in [0, 0.1) is 12.3 Å². The quantitative estimate of drug-likeness (QED) is 0.195. The monoisotopic (exact) mass is 509 g/mol. The van der Waals surface area contributed by atoms with Gasteiger partial charge in [-0.3, -0.25) is 23.7 Å². The maximum atomic E-state index is 13.5. The van der Waals surface area contributed by atoms with Crippen molar-refractivity contribution in [2.45, 2.75) is 37.0 Å². The number of esters is 1.